The Morgan fingerprint density at radius 1 is 1.26 bits per heavy atom. The zero-order valence-electron chi connectivity index (χ0n) is 14.4. The summed E-state index contributed by atoms with van der Waals surface area (Å²) in [6.07, 6.45) is 0. The van der Waals surface area contributed by atoms with Gasteiger partial charge in [0, 0.05) is 10.8 Å². The van der Waals surface area contributed by atoms with Gasteiger partial charge in [-0.05, 0) is 43.3 Å². The molecule has 0 aliphatic heterocycles. The van der Waals surface area contributed by atoms with Crippen molar-refractivity contribution in [2.45, 2.75) is 6.92 Å². The van der Waals surface area contributed by atoms with Crippen molar-refractivity contribution in [3.63, 3.8) is 0 Å². The zero-order chi connectivity index (χ0) is 18.8. The number of amides is 1. The van der Waals surface area contributed by atoms with Crippen LogP contribution >= 0.6 is 22.9 Å². The topological polar surface area (TPSA) is 64.4 Å². The minimum atomic E-state index is -0.299. The molecular weight excluding hydrogens is 384 g/mol. The average molecular weight is 399 g/mol. The van der Waals surface area contributed by atoms with Crippen LogP contribution in [0.15, 0.2) is 58.3 Å². The molecule has 4 rings (SSSR count). The number of fused-ring (bicyclic) bond motifs is 1. The fourth-order valence-electron chi connectivity index (χ4n) is 2.66. The summed E-state index contributed by atoms with van der Waals surface area (Å²) >= 11 is 7.39. The molecule has 0 unspecified atom stereocenters. The Balaban J connectivity index is 1.56. The summed E-state index contributed by atoms with van der Waals surface area (Å²) < 4.78 is 11.4. The van der Waals surface area contributed by atoms with Gasteiger partial charge in [-0.2, -0.15) is 0 Å². The van der Waals surface area contributed by atoms with Crippen LogP contribution in [0.4, 0.5) is 5.13 Å². The Hall–Kier alpha value is -2.83. The van der Waals surface area contributed by atoms with Crippen molar-refractivity contribution in [3.8, 4) is 17.2 Å². The molecule has 2 aromatic heterocycles. The van der Waals surface area contributed by atoms with E-state index in [2.05, 4.69) is 10.3 Å². The maximum absolute atomic E-state index is 12.4. The van der Waals surface area contributed by atoms with Gasteiger partial charge in [-0.3, -0.25) is 10.1 Å². The quantitative estimate of drug-likeness (QED) is 0.457. The van der Waals surface area contributed by atoms with E-state index in [0.29, 0.717) is 33.8 Å². The highest BCUT2D eigenvalue weighted by Gasteiger charge is 2.14. The van der Waals surface area contributed by atoms with E-state index in [1.165, 1.54) is 11.3 Å². The van der Waals surface area contributed by atoms with Crippen molar-refractivity contribution in [2.24, 2.45) is 0 Å². The van der Waals surface area contributed by atoms with Crippen LogP contribution in [0.2, 0.25) is 5.02 Å². The minimum absolute atomic E-state index is 0.299. The van der Waals surface area contributed by atoms with Crippen LogP contribution in [0.3, 0.4) is 0 Å². The molecule has 2 aromatic carbocycles. The lowest BCUT2D eigenvalue weighted by molar-refractivity contribution is 0.102. The number of rotatable bonds is 5. The number of furan rings is 1. The Morgan fingerprint density at radius 3 is 2.93 bits per heavy atom. The van der Waals surface area contributed by atoms with Crippen LogP contribution in [-0.4, -0.2) is 17.5 Å². The second-order valence-corrected chi connectivity index (χ2v) is 6.98. The number of ether oxygens (including phenoxy) is 1. The summed E-state index contributed by atoms with van der Waals surface area (Å²) in [5, 5.41) is 6.42. The number of thiazole rings is 1. The van der Waals surface area contributed by atoms with Gasteiger partial charge in [-0.1, -0.05) is 23.7 Å². The Kier molecular flexibility index (Phi) is 4.83. The van der Waals surface area contributed by atoms with E-state index in [-0.39, 0.29) is 5.91 Å². The second-order valence-electron chi connectivity index (χ2n) is 5.72. The first kappa shape index (κ1) is 17.6. The number of carbonyl (C=O) groups is 1. The van der Waals surface area contributed by atoms with Crippen LogP contribution in [-0.2, 0) is 0 Å². The molecule has 27 heavy (non-hydrogen) atoms. The summed E-state index contributed by atoms with van der Waals surface area (Å²) in [6, 6.07) is 14.5. The standard InChI is InChI=1S/C20H15ClN2O3S/c1-2-25-13-7-8-17-12(9-13)10-18(26-17)16-11-27-20(22-16)23-19(24)14-5-3-4-6-15(14)21/h3-11H,2H2,1H3,(H,22,23,24). The maximum atomic E-state index is 12.4. The second kappa shape index (κ2) is 7.42. The van der Waals surface area contributed by atoms with Crippen LogP contribution < -0.4 is 10.1 Å². The molecule has 2 heterocycles. The fraction of sp³-hybridized carbons (Fsp3) is 0.100. The van der Waals surface area contributed by atoms with Gasteiger partial charge in [0.2, 0.25) is 0 Å². The Bertz CT molecular complexity index is 1120. The van der Waals surface area contributed by atoms with Gasteiger partial charge in [-0.25, -0.2) is 4.98 Å². The van der Waals surface area contributed by atoms with Gasteiger partial charge < -0.3 is 9.15 Å². The van der Waals surface area contributed by atoms with E-state index in [0.717, 1.165) is 16.7 Å². The molecule has 0 saturated carbocycles. The van der Waals surface area contributed by atoms with Gasteiger partial charge in [0.15, 0.2) is 10.9 Å². The molecule has 0 spiro atoms. The molecule has 0 aliphatic carbocycles. The maximum Gasteiger partial charge on any atom is 0.258 e. The van der Waals surface area contributed by atoms with E-state index in [1.807, 2.05) is 36.6 Å². The molecule has 0 fully saturated rings. The zero-order valence-corrected chi connectivity index (χ0v) is 15.9. The highest BCUT2D eigenvalue weighted by atomic mass is 35.5. The Labute approximate surface area is 164 Å². The summed E-state index contributed by atoms with van der Waals surface area (Å²) in [5.74, 6) is 1.13. The molecule has 136 valence electrons. The van der Waals surface area contributed by atoms with Crippen molar-refractivity contribution in [1.29, 1.82) is 0 Å². The first-order valence-electron chi connectivity index (χ1n) is 8.32. The van der Waals surface area contributed by atoms with E-state index in [4.69, 9.17) is 20.8 Å². The van der Waals surface area contributed by atoms with E-state index < -0.39 is 0 Å². The van der Waals surface area contributed by atoms with Crippen molar-refractivity contribution in [1.82, 2.24) is 4.98 Å². The van der Waals surface area contributed by atoms with Crippen molar-refractivity contribution in [2.75, 3.05) is 11.9 Å². The summed E-state index contributed by atoms with van der Waals surface area (Å²) in [5.41, 5.74) is 1.81. The SMILES string of the molecule is CCOc1ccc2oc(-c3csc(NC(=O)c4ccccc4Cl)n3)cc2c1. The number of carbonyl (C=O) groups excluding carboxylic acids is 1. The van der Waals surface area contributed by atoms with Crippen LogP contribution in [0.1, 0.15) is 17.3 Å². The predicted molar refractivity (Wildman–Crippen MR) is 108 cm³/mol. The van der Waals surface area contributed by atoms with Gasteiger partial charge in [0.1, 0.15) is 17.0 Å². The lowest BCUT2D eigenvalue weighted by Gasteiger charge is -2.03. The average Bonchev–Trinajstić information content (AvgIpc) is 3.28. The third-order valence-electron chi connectivity index (χ3n) is 3.89. The van der Waals surface area contributed by atoms with E-state index in [9.17, 15) is 4.79 Å². The molecular formula is C20H15ClN2O3S. The number of benzene rings is 2. The lowest BCUT2D eigenvalue weighted by Crippen LogP contribution is -2.12. The molecule has 0 saturated heterocycles. The largest absolute Gasteiger partial charge is 0.494 e. The van der Waals surface area contributed by atoms with Crippen molar-refractivity contribution >= 4 is 44.9 Å². The summed E-state index contributed by atoms with van der Waals surface area (Å²) in [4.78, 5) is 16.8. The van der Waals surface area contributed by atoms with E-state index in [1.54, 1.807) is 24.3 Å². The highest BCUT2D eigenvalue weighted by Crippen LogP contribution is 2.32. The molecule has 7 heteroatoms. The van der Waals surface area contributed by atoms with Crippen molar-refractivity contribution < 1.29 is 13.9 Å². The van der Waals surface area contributed by atoms with E-state index >= 15 is 0 Å². The van der Waals surface area contributed by atoms with Crippen LogP contribution in [0, 0.1) is 0 Å². The lowest BCUT2D eigenvalue weighted by atomic mass is 10.2. The van der Waals surface area contributed by atoms with Gasteiger partial charge in [-0.15, -0.1) is 11.3 Å². The molecule has 0 aliphatic rings. The molecule has 1 amide bonds. The highest BCUT2D eigenvalue weighted by molar-refractivity contribution is 7.14. The smallest absolute Gasteiger partial charge is 0.258 e. The Morgan fingerprint density at radius 2 is 2.11 bits per heavy atom. The molecule has 0 atom stereocenters. The molecule has 5 nitrogen and oxygen atoms in total. The predicted octanol–water partition coefficient (Wildman–Crippen LogP) is 5.86. The monoisotopic (exact) mass is 398 g/mol. The normalized spacial score (nSPS) is 10.9. The number of hydrogen-bond donors (Lipinski definition) is 1. The van der Waals surface area contributed by atoms with Crippen LogP contribution in [0.25, 0.3) is 22.4 Å². The number of nitrogens with zero attached hydrogens (tertiary/aromatic N) is 1. The van der Waals surface area contributed by atoms with Crippen LogP contribution in [0.5, 0.6) is 5.75 Å². The number of anilines is 1. The van der Waals surface area contributed by atoms with Gasteiger partial charge >= 0.3 is 0 Å². The first-order chi connectivity index (χ1) is 13.1. The number of nitrogens with one attached hydrogen (secondary N) is 1. The minimum Gasteiger partial charge on any atom is -0.494 e. The molecule has 0 radical (unpaired) electrons. The third kappa shape index (κ3) is 3.67. The fourth-order valence-corrected chi connectivity index (χ4v) is 3.57. The van der Waals surface area contributed by atoms with Crippen molar-refractivity contribution in [3.05, 3.63) is 64.5 Å². The molecule has 4 aromatic rings. The summed E-state index contributed by atoms with van der Waals surface area (Å²) in [6.45, 7) is 2.55. The molecule has 1 N–H and O–H groups in total. The number of halogens is 1. The summed E-state index contributed by atoms with van der Waals surface area (Å²) in [7, 11) is 0. The number of hydrogen-bond acceptors (Lipinski definition) is 5. The van der Waals surface area contributed by atoms with Gasteiger partial charge in [0.05, 0.1) is 17.2 Å². The van der Waals surface area contributed by atoms with Gasteiger partial charge in [0.25, 0.3) is 5.91 Å². The first-order valence-corrected chi connectivity index (χ1v) is 9.58. The number of aromatic nitrogens is 1. The molecule has 0 bridgehead atoms. The third-order valence-corrected chi connectivity index (χ3v) is 4.98.